The van der Waals surface area contributed by atoms with Crippen molar-refractivity contribution < 1.29 is 0 Å². The Bertz CT molecular complexity index is 700. The topological polar surface area (TPSA) is 56.7 Å². The molecule has 2 N–H and O–H groups in total. The van der Waals surface area contributed by atoms with Crippen molar-refractivity contribution in [3.63, 3.8) is 0 Å². The molecule has 0 amide bonds. The number of para-hydroxylation sites is 2. The second-order valence-corrected chi connectivity index (χ2v) is 4.22. The van der Waals surface area contributed by atoms with Gasteiger partial charge in [-0.2, -0.15) is 0 Å². The molecule has 1 aromatic carbocycles. The summed E-state index contributed by atoms with van der Waals surface area (Å²) in [7, 11) is 2.02. The van der Waals surface area contributed by atoms with Gasteiger partial charge >= 0.3 is 0 Å². The maximum absolute atomic E-state index is 5.62. The summed E-state index contributed by atoms with van der Waals surface area (Å²) < 4.78 is 2.09. The number of imidazole rings is 1. The SMILES string of the molecule is Cn1c(-c2ccnc(CN)c2)nc2ccccc21. The lowest BCUT2D eigenvalue weighted by Crippen LogP contribution is -2.00. The molecule has 90 valence electrons. The predicted octanol–water partition coefficient (Wildman–Crippen LogP) is 2.09. The van der Waals surface area contributed by atoms with E-state index in [1.807, 2.05) is 37.4 Å². The van der Waals surface area contributed by atoms with E-state index >= 15 is 0 Å². The van der Waals surface area contributed by atoms with Crippen LogP contribution in [0.25, 0.3) is 22.4 Å². The summed E-state index contributed by atoms with van der Waals surface area (Å²) in [5.41, 5.74) is 9.67. The van der Waals surface area contributed by atoms with Gasteiger partial charge in [-0.05, 0) is 24.3 Å². The maximum Gasteiger partial charge on any atom is 0.140 e. The minimum Gasteiger partial charge on any atom is -0.327 e. The van der Waals surface area contributed by atoms with Crippen LogP contribution in [0.2, 0.25) is 0 Å². The fraction of sp³-hybridized carbons (Fsp3) is 0.143. The number of pyridine rings is 1. The standard InChI is InChI=1S/C14H14N4/c1-18-13-5-3-2-4-12(13)17-14(18)10-6-7-16-11(8-10)9-15/h2-8H,9,15H2,1H3. The van der Waals surface area contributed by atoms with E-state index in [1.54, 1.807) is 6.20 Å². The summed E-state index contributed by atoms with van der Waals surface area (Å²) in [6, 6.07) is 12.0. The Morgan fingerprint density at radius 1 is 1.22 bits per heavy atom. The van der Waals surface area contributed by atoms with Gasteiger partial charge in [-0.25, -0.2) is 4.98 Å². The minimum atomic E-state index is 0.442. The summed E-state index contributed by atoms with van der Waals surface area (Å²) in [5, 5.41) is 0. The Kier molecular flexibility index (Phi) is 2.57. The molecular weight excluding hydrogens is 224 g/mol. The van der Waals surface area contributed by atoms with Gasteiger partial charge in [0.2, 0.25) is 0 Å². The summed E-state index contributed by atoms with van der Waals surface area (Å²) in [6.07, 6.45) is 1.77. The molecule has 4 heteroatoms. The first kappa shape index (κ1) is 10.9. The highest BCUT2D eigenvalue weighted by molar-refractivity contribution is 5.80. The maximum atomic E-state index is 5.62. The van der Waals surface area contributed by atoms with Gasteiger partial charge in [0.05, 0.1) is 16.7 Å². The molecule has 0 atom stereocenters. The highest BCUT2D eigenvalue weighted by Crippen LogP contribution is 2.23. The smallest absolute Gasteiger partial charge is 0.140 e. The zero-order valence-corrected chi connectivity index (χ0v) is 10.2. The first-order valence-corrected chi connectivity index (χ1v) is 5.86. The van der Waals surface area contributed by atoms with Gasteiger partial charge < -0.3 is 10.3 Å². The van der Waals surface area contributed by atoms with Gasteiger partial charge in [-0.15, -0.1) is 0 Å². The lowest BCUT2D eigenvalue weighted by Gasteiger charge is -2.03. The van der Waals surface area contributed by atoms with Crippen molar-refractivity contribution in [1.29, 1.82) is 0 Å². The number of aryl methyl sites for hydroxylation is 1. The quantitative estimate of drug-likeness (QED) is 0.743. The van der Waals surface area contributed by atoms with Crippen LogP contribution in [0.3, 0.4) is 0 Å². The third-order valence-electron chi connectivity index (χ3n) is 3.07. The van der Waals surface area contributed by atoms with E-state index in [0.717, 1.165) is 28.1 Å². The average molecular weight is 238 g/mol. The molecule has 0 radical (unpaired) electrons. The third kappa shape index (κ3) is 1.67. The fourth-order valence-electron chi connectivity index (χ4n) is 2.13. The lowest BCUT2D eigenvalue weighted by molar-refractivity contribution is 0.950. The van der Waals surface area contributed by atoms with E-state index in [-0.39, 0.29) is 0 Å². The average Bonchev–Trinajstić information content (AvgIpc) is 2.77. The molecule has 2 aromatic heterocycles. The lowest BCUT2D eigenvalue weighted by atomic mass is 10.2. The van der Waals surface area contributed by atoms with Crippen LogP contribution in [0.4, 0.5) is 0 Å². The summed E-state index contributed by atoms with van der Waals surface area (Å²) in [5.74, 6) is 0.938. The molecule has 0 aliphatic carbocycles. The van der Waals surface area contributed by atoms with Crippen LogP contribution < -0.4 is 5.73 Å². The number of fused-ring (bicyclic) bond motifs is 1. The number of benzene rings is 1. The van der Waals surface area contributed by atoms with Crippen molar-refractivity contribution >= 4 is 11.0 Å². The molecule has 2 heterocycles. The highest BCUT2D eigenvalue weighted by Gasteiger charge is 2.09. The Hall–Kier alpha value is -2.20. The van der Waals surface area contributed by atoms with Crippen LogP contribution >= 0.6 is 0 Å². The molecule has 0 spiro atoms. The highest BCUT2D eigenvalue weighted by atomic mass is 15.1. The molecule has 18 heavy (non-hydrogen) atoms. The number of aromatic nitrogens is 3. The number of hydrogen-bond donors (Lipinski definition) is 1. The van der Waals surface area contributed by atoms with E-state index in [9.17, 15) is 0 Å². The van der Waals surface area contributed by atoms with Crippen LogP contribution in [0.1, 0.15) is 5.69 Å². The van der Waals surface area contributed by atoms with Gasteiger partial charge in [-0.3, -0.25) is 4.98 Å². The molecule has 3 aromatic rings. The zero-order valence-electron chi connectivity index (χ0n) is 10.2. The molecule has 0 aliphatic rings. The van der Waals surface area contributed by atoms with Crippen molar-refractivity contribution in [3.8, 4) is 11.4 Å². The molecule has 0 unspecified atom stereocenters. The molecule has 0 bridgehead atoms. The van der Waals surface area contributed by atoms with Crippen LogP contribution in [-0.2, 0) is 13.6 Å². The van der Waals surface area contributed by atoms with E-state index < -0.39 is 0 Å². The Balaban J connectivity index is 2.21. The Labute approximate surface area is 105 Å². The normalized spacial score (nSPS) is 11.0. The van der Waals surface area contributed by atoms with E-state index in [4.69, 9.17) is 5.73 Å². The van der Waals surface area contributed by atoms with E-state index in [0.29, 0.717) is 6.54 Å². The zero-order chi connectivity index (χ0) is 12.5. The molecule has 4 nitrogen and oxygen atoms in total. The van der Waals surface area contributed by atoms with E-state index in [1.165, 1.54) is 0 Å². The van der Waals surface area contributed by atoms with Gasteiger partial charge in [0.25, 0.3) is 0 Å². The van der Waals surface area contributed by atoms with Crippen molar-refractivity contribution in [2.24, 2.45) is 12.8 Å². The molecule has 0 saturated carbocycles. The van der Waals surface area contributed by atoms with Crippen molar-refractivity contribution in [1.82, 2.24) is 14.5 Å². The van der Waals surface area contributed by atoms with Crippen molar-refractivity contribution in [2.45, 2.75) is 6.54 Å². The van der Waals surface area contributed by atoms with Crippen molar-refractivity contribution in [3.05, 3.63) is 48.3 Å². The van der Waals surface area contributed by atoms with E-state index in [2.05, 4.69) is 20.6 Å². The Morgan fingerprint density at radius 3 is 2.83 bits per heavy atom. The molecule has 0 aliphatic heterocycles. The van der Waals surface area contributed by atoms with Gasteiger partial charge in [0, 0.05) is 25.4 Å². The fourth-order valence-corrected chi connectivity index (χ4v) is 2.13. The summed E-state index contributed by atoms with van der Waals surface area (Å²) in [6.45, 7) is 0.442. The summed E-state index contributed by atoms with van der Waals surface area (Å²) in [4.78, 5) is 8.86. The van der Waals surface area contributed by atoms with Gasteiger partial charge in [0.15, 0.2) is 0 Å². The monoisotopic (exact) mass is 238 g/mol. The Morgan fingerprint density at radius 2 is 2.06 bits per heavy atom. The van der Waals surface area contributed by atoms with Crippen LogP contribution in [0, 0.1) is 0 Å². The predicted molar refractivity (Wildman–Crippen MR) is 71.8 cm³/mol. The molecule has 0 saturated heterocycles. The molecular formula is C14H14N4. The van der Waals surface area contributed by atoms with Crippen molar-refractivity contribution in [2.75, 3.05) is 0 Å². The number of rotatable bonds is 2. The first-order valence-electron chi connectivity index (χ1n) is 5.86. The largest absolute Gasteiger partial charge is 0.327 e. The minimum absolute atomic E-state index is 0.442. The number of hydrogen-bond acceptors (Lipinski definition) is 3. The van der Waals surface area contributed by atoms with Crippen LogP contribution in [-0.4, -0.2) is 14.5 Å². The van der Waals surface area contributed by atoms with Gasteiger partial charge in [-0.1, -0.05) is 12.1 Å². The molecule has 0 fully saturated rings. The third-order valence-corrected chi connectivity index (χ3v) is 3.07. The van der Waals surface area contributed by atoms with Crippen LogP contribution in [0.15, 0.2) is 42.6 Å². The first-order chi connectivity index (χ1) is 8.79. The summed E-state index contributed by atoms with van der Waals surface area (Å²) >= 11 is 0. The van der Waals surface area contributed by atoms with Crippen LogP contribution in [0.5, 0.6) is 0 Å². The van der Waals surface area contributed by atoms with Gasteiger partial charge in [0.1, 0.15) is 5.82 Å². The second-order valence-electron chi connectivity index (χ2n) is 4.22. The molecule has 3 rings (SSSR count). The number of nitrogens with two attached hydrogens (primary N) is 1. The number of nitrogens with zero attached hydrogens (tertiary/aromatic N) is 3. The second kappa shape index (κ2) is 4.23.